The van der Waals surface area contributed by atoms with Crippen LogP contribution in [0.3, 0.4) is 0 Å². The van der Waals surface area contributed by atoms with Crippen LogP contribution >= 0.6 is 0 Å². The Kier molecular flexibility index (Phi) is 7.50. The van der Waals surface area contributed by atoms with Crippen molar-refractivity contribution in [3.05, 3.63) is 65.6 Å². The second kappa shape index (κ2) is 11.2. The molecule has 228 valence electrons. The van der Waals surface area contributed by atoms with Gasteiger partial charge in [0.15, 0.2) is 5.65 Å². The molecule has 2 aliphatic heterocycles. The zero-order valence-electron chi connectivity index (χ0n) is 23.8. The average Bonchev–Trinajstić information content (AvgIpc) is 3.74. The van der Waals surface area contributed by atoms with Gasteiger partial charge in [0.25, 0.3) is 12.0 Å². The Hall–Kier alpha value is -4.17. The van der Waals surface area contributed by atoms with Gasteiger partial charge >= 0.3 is 0 Å². The molecule has 0 radical (unpaired) electrons. The number of piperidine rings is 1. The Morgan fingerprint density at radius 3 is 2.40 bits per heavy atom. The van der Waals surface area contributed by atoms with Crippen molar-refractivity contribution >= 4 is 22.6 Å². The molecule has 2 atom stereocenters. The van der Waals surface area contributed by atoms with Crippen molar-refractivity contribution < 1.29 is 23.8 Å². The number of likely N-dealkylation sites (tertiary alicyclic amines) is 1. The molecule has 5 heterocycles. The maximum absolute atomic E-state index is 13.6. The molecule has 2 fully saturated rings. The van der Waals surface area contributed by atoms with Crippen LogP contribution in [0.15, 0.2) is 60.0 Å². The highest BCUT2D eigenvalue weighted by Gasteiger charge is 2.36. The third-order valence-corrected chi connectivity index (χ3v) is 8.52. The van der Waals surface area contributed by atoms with Gasteiger partial charge in [-0.15, -0.1) is 0 Å². The van der Waals surface area contributed by atoms with Crippen LogP contribution in [0.5, 0.6) is 0 Å². The fourth-order valence-electron chi connectivity index (χ4n) is 5.95. The van der Waals surface area contributed by atoms with Gasteiger partial charge in [-0.2, -0.15) is 10.2 Å². The number of β-amino-alcohol motifs (C(OH)–C–C–N with tert-alkyl or cyclic N) is 1. The molecule has 1 aromatic carbocycles. The summed E-state index contributed by atoms with van der Waals surface area (Å²) in [6, 6.07) is 7.84. The molecule has 12 nitrogen and oxygen atoms in total. The van der Waals surface area contributed by atoms with Crippen LogP contribution in [0.25, 0.3) is 16.7 Å². The smallest absolute Gasteiger partial charge is 0.264 e. The number of nitrogens with zero attached hydrogens (tertiary/aromatic N) is 8. The van der Waals surface area contributed by atoms with Crippen molar-refractivity contribution in [1.82, 2.24) is 34.0 Å². The second-order valence-corrected chi connectivity index (χ2v) is 11.9. The fourth-order valence-corrected chi connectivity index (χ4v) is 5.95. The van der Waals surface area contributed by atoms with E-state index in [-0.39, 0.29) is 38.0 Å². The molecule has 0 spiro atoms. The zero-order valence-corrected chi connectivity index (χ0v) is 23.8. The lowest BCUT2D eigenvalue weighted by Gasteiger charge is -2.38. The molecule has 2 saturated heterocycles. The minimum absolute atomic E-state index is 0.0246. The summed E-state index contributed by atoms with van der Waals surface area (Å²) in [6.45, 7) is 3.49. The molecule has 3 aromatic heterocycles. The highest BCUT2D eigenvalue weighted by molar-refractivity contribution is 5.77. The standard InChI is InChI=1S/C29H34F2N8O4/c1-28(42)7-12-36(17-28)20-3-5-21(6-4-20)39-26-22(16-34-39)27(41)37(19-32-26)18-29(43)8-13-35(14-9-29)24(40)15-23(25(30)31)38-11-2-10-33-38/h2-6,10-11,16,19,23,25,42-43H,7-9,12-15,17-18H2,1H3/t23-,28+/m0/s1. The van der Waals surface area contributed by atoms with E-state index in [0.29, 0.717) is 24.0 Å². The third kappa shape index (κ3) is 5.89. The minimum atomic E-state index is -2.75. The van der Waals surface area contributed by atoms with E-state index < -0.39 is 36.0 Å². The number of carbonyl (C=O) groups excluding carboxylic acids is 1. The first-order valence-corrected chi connectivity index (χ1v) is 14.3. The zero-order chi connectivity index (χ0) is 30.4. The molecule has 6 rings (SSSR count). The summed E-state index contributed by atoms with van der Waals surface area (Å²) in [6.07, 6.45) is 3.55. The van der Waals surface area contributed by atoms with Gasteiger partial charge < -0.3 is 20.0 Å². The van der Waals surface area contributed by atoms with Crippen LogP contribution in [-0.2, 0) is 11.3 Å². The van der Waals surface area contributed by atoms with E-state index in [1.807, 2.05) is 31.2 Å². The lowest BCUT2D eigenvalue weighted by molar-refractivity contribution is -0.138. The average molecular weight is 597 g/mol. The first-order chi connectivity index (χ1) is 20.5. The van der Waals surface area contributed by atoms with E-state index in [9.17, 15) is 28.6 Å². The number of hydrogen-bond donors (Lipinski definition) is 2. The summed E-state index contributed by atoms with van der Waals surface area (Å²) >= 11 is 0. The van der Waals surface area contributed by atoms with Crippen LogP contribution in [0, 0.1) is 0 Å². The number of carbonyl (C=O) groups is 1. The largest absolute Gasteiger partial charge is 0.388 e. The number of fused-ring (bicyclic) bond motifs is 1. The van der Waals surface area contributed by atoms with Gasteiger partial charge in [0.05, 0.1) is 36.1 Å². The van der Waals surface area contributed by atoms with Crippen molar-refractivity contribution in [3.8, 4) is 5.69 Å². The van der Waals surface area contributed by atoms with Crippen LogP contribution in [0.1, 0.15) is 38.6 Å². The predicted octanol–water partition coefficient (Wildman–Crippen LogP) is 1.99. The molecule has 1 amide bonds. The molecule has 14 heteroatoms. The Morgan fingerprint density at radius 1 is 1.05 bits per heavy atom. The maximum atomic E-state index is 13.6. The summed E-state index contributed by atoms with van der Waals surface area (Å²) in [7, 11) is 0. The number of aromatic nitrogens is 6. The number of amides is 1. The minimum Gasteiger partial charge on any atom is -0.388 e. The van der Waals surface area contributed by atoms with Gasteiger partial charge in [-0.25, -0.2) is 18.4 Å². The maximum Gasteiger partial charge on any atom is 0.264 e. The number of hydrogen-bond acceptors (Lipinski definition) is 8. The van der Waals surface area contributed by atoms with E-state index in [1.165, 1.54) is 40.5 Å². The van der Waals surface area contributed by atoms with Crippen LogP contribution in [0.2, 0.25) is 0 Å². The number of halogens is 2. The molecular formula is C29H34F2N8O4. The number of benzene rings is 1. The van der Waals surface area contributed by atoms with Gasteiger partial charge in [0, 0.05) is 44.3 Å². The molecular weight excluding hydrogens is 562 g/mol. The molecule has 4 aromatic rings. The highest BCUT2D eigenvalue weighted by atomic mass is 19.3. The molecule has 0 aliphatic carbocycles. The summed E-state index contributed by atoms with van der Waals surface area (Å²) in [5.74, 6) is -0.434. The van der Waals surface area contributed by atoms with Crippen LogP contribution in [0.4, 0.5) is 14.5 Å². The van der Waals surface area contributed by atoms with Gasteiger partial charge in [-0.1, -0.05) is 0 Å². The van der Waals surface area contributed by atoms with Crippen molar-refractivity contribution in [2.45, 2.75) is 62.8 Å². The predicted molar refractivity (Wildman–Crippen MR) is 153 cm³/mol. The highest BCUT2D eigenvalue weighted by Crippen LogP contribution is 2.29. The molecule has 0 saturated carbocycles. The summed E-state index contributed by atoms with van der Waals surface area (Å²) < 4.78 is 31.2. The third-order valence-electron chi connectivity index (χ3n) is 8.52. The van der Waals surface area contributed by atoms with Crippen molar-refractivity contribution in [1.29, 1.82) is 0 Å². The van der Waals surface area contributed by atoms with Gasteiger partial charge in [-0.05, 0) is 56.5 Å². The number of anilines is 1. The SMILES string of the molecule is C[C@@]1(O)CCN(c2ccc(-n3ncc4c(=O)n(CC5(O)CCN(C(=O)C[C@@H](C(F)F)n6cccn6)CC5)cnc43)cc2)C1. The van der Waals surface area contributed by atoms with Gasteiger partial charge in [-0.3, -0.25) is 18.8 Å². The fraction of sp³-hybridized carbons (Fsp3) is 0.483. The van der Waals surface area contributed by atoms with Crippen molar-refractivity contribution in [2.24, 2.45) is 0 Å². The molecule has 0 unspecified atom stereocenters. The van der Waals surface area contributed by atoms with Crippen LogP contribution < -0.4 is 10.5 Å². The van der Waals surface area contributed by atoms with E-state index in [1.54, 1.807) is 4.68 Å². The molecule has 2 N–H and O–H groups in total. The van der Waals surface area contributed by atoms with Gasteiger partial charge in [0.1, 0.15) is 17.8 Å². The Morgan fingerprint density at radius 2 is 1.77 bits per heavy atom. The number of aliphatic hydroxyl groups is 2. The van der Waals surface area contributed by atoms with E-state index in [0.717, 1.165) is 22.6 Å². The topological polar surface area (TPSA) is 135 Å². The monoisotopic (exact) mass is 596 g/mol. The van der Waals surface area contributed by atoms with Crippen molar-refractivity contribution in [3.63, 3.8) is 0 Å². The lowest BCUT2D eigenvalue weighted by atomic mass is 9.91. The molecule has 0 bridgehead atoms. The van der Waals surface area contributed by atoms with Crippen molar-refractivity contribution in [2.75, 3.05) is 31.1 Å². The lowest BCUT2D eigenvalue weighted by Crippen LogP contribution is -2.50. The van der Waals surface area contributed by atoms with Gasteiger partial charge in [0.2, 0.25) is 5.91 Å². The van der Waals surface area contributed by atoms with E-state index in [4.69, 9.17) is 0 Å². The first-order valence-electron chi connectivity index (χ1n) is 14.3. The quantitative estimate of drug-likeness (QED) is 0.316. The molecule has 2 aliphatic rings. The van der Waals surface area contributed by atoms with E-state index >= 15 is 0 Å². The Labute approximate surface area is 245 Å². The summed E-state index contributed by atoms with van der Waals surface area (Å²) in [5, 5.41) is 30.1. The number of alkyl halides is 2. The summed E-state index contributed by atoms with van der Waals surface area (Å²) in [4.78, 5) is 34.2. The molecule has 43 heavy (non-hydrogen) atoms. The van der Waals surface area contributed by atoms with E-state index in [2.05, 4.69) is 20.1 Å². The normalized spacial score (nSPS) is 21.2. The summed E-state index contributed by atoms with van der Waals surface area (Å²) in [5.41, 5.74) is -0.225. The number of rotatable bonds is 8. The second-order valence-electron chi connectivity index (χ2n) is 11.9. The van der Waals surface area contributed by atoms with Crippen LogP contribution in [-0.4, -0.2) is 93.9 Å². The Bertz CT molecular complexity index is 1640. The first kappa shape index (κ1) is 28.9. The Balaban J connectivity index is 1.11.